The fraction of sp³-hybridized carbons (Fsp3) is 0.462. The van der Waals surface area contributed by atoms with Crippen molar-refractivity contribution >= 4 is 28.9 Å². The summed E-state index contributed by atoms with van der Waals surface area (Å²) in [6.07, 6.45) is 0.864. The van der Waals surface area contributed by atoms with Gasteiger partial charge in [0.15, 0.2) is 0 Å². The number of aromatic carboxylic acids is 1. The third-order valence-electron chi connectivity index (χ3n) is 2.91. The summed E-state index contributed by atoms with van der Waals surface area (Å²) in [6, 6.07) is 2.21. The number of carboxylic acid groups (broad SMARTS) is 1. The molecule has 1 aromatic rings. The third-order valence-corrected chi connectivity index (χ3v) is 3.20. The van der Waals surface area contributed by atoms with Gasteiger partial charge in [-0.2, -0.15) is 0 Å². The van der Waals surface area contributed by atoms with Gasteiger partial charge in [-0.05, 0) is 12.3 Å². The van der Waals surface area contributed by atoms with Crippen molar-refractivity contribution in [3.05, 3.63) is 32.8 Å². The van der Waals surface area contributed by atoms with Crippen LogP contribution in [-0.2, 0) is 0 Å². The molecular weight excluding hydrogens is 284 g/mol. The van der Waals surface area contributed by atoms with E-state index in [4.69, 9.17) is 11.6 Å². The molecule has 7 heteroatoms. The highest BCUT2D eigenvalue weighted by Gasteiger charge is 2.22. The Bertz CT molecular complexity index is 531. The predicted molar refractivity (Wildman–Crippen MR) is 77.8 cm³/mol. The van der Waals surface area contributed by atoms with E-state index in [1.54, 1.807) is 11.9 Å². The number of hydrogen-bond acceptors (Lipinski definition) is 4. The maximum Gasteiger partial charge on any atom is 0.338 e. The minimum Gasteiger partial charge on any atom is -0.478 e. The average Bonchev–Trinajstić information content (AvgIpc) is 2.34. The number of carbonyl (C=O) groups is 1. The van der Waals surface area contributed by atoms with E-state index in [0.717, 1.165) is 12.5 Å². The molecule has 0 fully saturated rings. The molecule has 0 heterocycles. The number of nitro groups is 1. The number of carboxylic acids is 1. The Hall–Kier alpha value is -1.82. The Kier molecular flexibility index (Phi) is 5.33. The average molecular weight is 301 g/mol. The standard InChI is InChI=1S/C13H17ClN2O4/c1-8(2)4-5-15(3)12-10(13(17)18)6-9(16(19)20)7-11(12)14/h6-8H,4-5H2,1-3H3,(H,17,18). The minimum atomic E-state index is -1.23. The van der Waals surface area contributed by atoms with Crippen LogP contribution in [0, 0.1) is 16.0 Å². The van der Waals surface area contributed by atoms with Gasteiger partial charge in [0.25, 0.3) is 5.69 Å². The van der Waals surface area contributed by atoms with E-state index in [1.165, 1.54) is 6.07 Å². The van der Waals surface area contributed by atoms with Crippen molar-refractivity contribution < 1.29 is 14.8 Å². The maximum atomic E-state index is 11.3. The molecule has 1 rings (SSSR count). The van der Waals surface area contributed by atoms with E-state index in [9.17, 15) is 20.0 Å². The number of non-ortho nitro benzene ring substituents is 1. The highest BCUT2D eigenvalue weighted by Crippen LogP contribution is 2.34. The predicted octanol–water partition coefficient (Wildman–Crippen LogP) is 3.43. The summed E-state index contributed by atoms with van der Waals surface area (Å²) in [5, 5.41) is 20.1. The minimum absolute atomic E-state index is 0.0721. The van der Waals surface area contributed by atoms with Gasteiger partial charge < -0.3 is 10.0 Å². The third kappa shape index (κ3) is 3.84. The fourth-order valence-corrected chi connectivity index (χ4v) is 2.16. The first kappa shape index (κ1) is 16.2. The summed E-state index contributed by atoms with van der Waals surface area (Å²) in [5.74, 6) is -0.774. The zero-order valence-corrected chi connectivity index (χ0v) is 12.3. The number of nitrogens with zero attached hydrogens (tertiary/aromatic N) is 2. The summed E-state index contributed by atoms with van der Waals surface area (Å²) in [5.41, 5.74) is -0.172. The van der Waals surface area contributed by atoms with Crippen molar-refractivity contribution in [1.29, 1.82) is 0 Å². The second kappa shape index (κ2) is 6.56. The van der Waals surface area contributed by atoms with E-state index in [1.807, 2.05) is 0 Å². The molecule has 1 N–H and O–H groups in total. The highest BCUT2D eigenvalue weighted by atomic mass is 35.5. The fourth-order valence-electron chi connectivity index (χ4n) is 1.80. The zero-order chi connectivity index (χ0) is 15.4. The Morgan fingerprint density at radius 1 is 1.50 bits per heavy atom. The van der Waals surface area contributed by atoms with Gasteiger partial charge in [0.1, 0.15) is 0 Å². The lowest BCUT2D eigenvalue weighted by molar-refractivity contribution is -0.384. The van der Waals surface area contributed by atoms with E-state index >= 15 is 0 Å². The lowest BCUT2D eigenvalue weighted by Gasteiger charge is -2.23. The molecule has 6 nitrogen and oxygen atoms in total. The van der Waals surface area contributed by atoms with E-state index in [-0.39, 0.29) is 16.3 Å². The largest absolute Gasteiger partial charge is 0.478 e. The molecule has 0 saturated heterocycles. The Morgan fingerprint density at radius 2 is 2.10 bits per heavy atom. The number of anilines is 1. The van der Waals surface area contributed by atoms with Crippen LogP contribution in [0.2, 0.25) is 5.02 Å². The molecule has 0 unspecified atom stereocenters. The summed E-state index contributed by atoms with van der Waals surface area (Å²) in [6.45, 7) is 4.74. The van der Waals surface area contributed by atoms with Crippen LogP contribution in [0.15, 0.2) is 12.1 Å². The van der Waals surface area contributed by atoms with Crippen LogP contribution < -0.4 is 4.90 Å². The Morgan fingerprint density at radius 3 is 2.55 bits per heavy atom. The van der Waals surface area contributed by atoms with Crippen LogP contribution in [0.1, 0.15) is 30.6 Å². The normalized spacial score (nSPS) is 10.7. The van der Waals surface area contributed by atoms with Crippen LogP contribution in [0.3, 0.4) is 0 Å². The first-order chi connectivity index (χ1) is 9.23. The number of benzene rings is 1. The monoisotopic (exact) mass is 300 g/mol. The van der Waals surface area contributed by atoms with Crippen LogP contribution in [0.25, 0.3) is 0 Å². The van der Waals surface area contributed by atoms with E-state index < -0.39 is 10.9 Å². The molecule has 110 valence electrons. The first-order valence-electron chi connectivity index (χ1n) is 6.16. The van der Waals surface area contributed by atoms with Crippen molar-refractivity contribution in [2.75, 3.05) is 18.5 Å². The van der Waals surface area contributed by atoms with Gasteiger partial charge in [-0.15, -0.1) is 0 Å². The maximum absolute atomic E-state index is 11.3. The molecule has 0 aliphatic carbocycles. The van der Waals surface area contributed by atoms with E-state index in [2.05, 4.69) is 13.8 Å². The van der Waals surface area contributed by atoms with Gasteiger partial charge in [-0.1, -0.05) is 25.4 Å². The molecule has 0 spiro atoms. The van der Waals surface area contributed by atoms with Gasteiger partial charge >= 0.3 is 5.97 Å². The smallest absolute Gasteiger partial charge is 0.338 e. The summed E-state index contributed by atoms with van der Waals surface area (Å²) in [4.78, 5) is 23.1. The van der Waals surface area contributed by atoms with Crippen molar-refractivity contribution in [2.45, 2.75) is 20.3 Å². The van der Waals surface area contributed by atoms with Crippen molar-refractivity contribution in [1.82, 2.24) is 0 Å². The second-order valence-corrected chi connectivity index (χ2v) is 5.40. The number of hydrogen-bond donors (Lipinski definition) is 1. The first-order valence-corrected chi connectivity index (χ1v) is 6.54. The Labute approximate surface area is 122 Å². The number of rotatable bonds is 6. The van der Waals surface area contributed by atoms with Gasteiger partial charge in [-0.3, -0.25) is 10.1 Å². The SMILES string of the molecule is CC(C)CCN(C)c1c(Cl)cc([N+](=O)[O-])cc1C(=O)O. The summed E-state index contributed by atoms with van der Waals surface area (Å²) in [7, 11) is 1.72. The zero-order valence-electron chi connectivity index (χ0n) is 11.6. The molecule has 0 atom stereocenters. The molecule has 0 aromatic heterocycles. The summed E-state index contributed by atoms with van der Waals surface area (Å²) < 4.78 is 0. The molecule has 0 amide bonds. The topological polar surface area (TPSA) is 83.7 Å². The summed E-state index contributed by atoms with van der Waals surface area (Å²) >= 11 is 6.02. The molecule has 0 aliphatic rings. The molecule has 20 heavy (non-hydrogen) atoms. The van der Waals surface area contributed by atoms with Crippen LogP contribution in [-0.4, -0.2) is 29.6 Å². The van der Waals surface area contributed by atoms with Crippen molar-refractivity contribution in [2.24, 2.45) is 5.92 Å². The van der Waals surface area contributed by atoms with Crippen molar-refractivity contribution in [3.8, 4) is 0 Å². The molecule has 0 radical (unpaired) electrons. The van der Waals surface area contributed by atoms with Crippen LogP contribution in [0.5, 0.6) is 0 Å². The molecule has 0 aliphatic heterocycles. The highest BCUT2D eigenvalue weighted by molar-refractivity contribution is 6.34. The van der Waals surface area contributed by atoms with Gasteiger partial charge in [0.05, 0.1) is 21.2 Å². The lowest BCUT2D eigenvalue weighted by atomic mass is 10.1. The van der Waals surface area contributed by atoms with Gasteiger partial charge in [0.2, 0.25) is 0 Å². The second-order valence-electron chi connectivity index (χ2n) is 4.99. The quantitative estimate of drug-likeness (QED) is 0.642. The Balaban J connectivity index is 3.23. The van der Waals surface area contributed by atoms with Crippen LogP contribution >= 0.6 is 11.6 Å². The van der Waals surface area contributed by atoms with Crippen molar-refractivity contribution in [3.63, 3.8) is 0 Å². The van der Waals surface area contributed by atoms with E-state index in [0.29, 0.717) is 18.2 Å². The van der Waals surface area contributed by atoms with Crippen LogP contribution in [0.4, 0.5) is 11.4 Å². The lowest BCUT2D eigenvalue weighted by Crippen LogP contribution is -2.23. The number of halogens is 1. The molecule has 0 saturated carbocycles. The van der Waals surface area contributed by atoms with Gasteiger partial charge in [0, 0.05) is 25.7 Å². The molecule has 0 bridgehead atoms. The molecule has 1 aromatic carbocycles. The van der Waals surface area contributed by atoms with Gasteiger partial charge in [-0.25, -0.2) is 4.79 Å². The molecular formula is C13H17ClN2O4. The number of nitro benzene ring substituents is 1.